The van der Waals surface area contributed by atoms with Crippen LogP contribution in [0.5, 0.6) is 0 Å². The standard InChI is InChI=1S/C25H31FN2O2S/c1-18-11-13-22(14-12-18)31-16-15-24(29)28(17-20-7-3-6-10-23(20)26)19(2)25(30)27-21-8-4-5-9-21/h3,6-7,10-14,19,21H,4-5,8-9,15-17H2,1-2H3,(H,27,30). The molecule has 0 aromatic heterocycles. The van der Waals surface area contributed by atoms with E-state index in [9.17, 15) is 14.0 Å². The van der Waals surface area contributed by atoms with Crippen molar-refractivity contribution in [3.05, 3.63) is 65.5 Å². The monoisotopic (exact) mass is 442 g/mol. The molecule has 4 nitrogen and oxygen atoms in total. The van der Waals surface area contributed by atoms with Gasteiger partial charge in [0.05, 0.1) is 0 Å². The van der Waals surface area contributed by atoms with E-state index in [0.29, 0.717) is 11.3 Å². The highest BCUT2D eigenvalue weighted by molar-refractivity contribution is 7.99. The van der Waals surface area contributed by atoms with Gasteiger partial charge in [0.25, 0.3) is 0 Å². The molecule has 1 aliphatic carbocycles. The Labute approximate surface area is 188 Å². The number of carbonyl (C=O) groups is 2. The Kier molecular flexibility index (Phi) is 8.52. The molecule has 0 heterocycles. The summed E-state index contributed by atoms with van der Waals surface area (Å²) >= 11 is 1.61. The minimum absolute atomic E-state index is 0.0833. The molecule has 1 fully saturated rings. The van der Waals surface area contributed by atoms with Gasteiger partial charge in [-0.2, -0.15) is 0 Å². The van der Waals surface area contributed by atoms with E-state index in [0.717, 1.165) is 30.6 Å². The smallest absolute Gasteiger partial charge is 0.242 e. The molecule has 2 aromatic rings. The second-order valence-electron chi connectivity index (χ2n) is 8.19. The molecular formula is C25H31FN2O2S. The number of hydrogen-bond acceptors (Lipinski definition) is 3. The van der Waals surface area contributed by atoms with E-state index in [1.807, 2.05) is 31.2 Å². The van der Waals surface area contributed by atoms with Crippen molar-refractivity contribution in [3.8, 4) is 0 Å². The number of amides is 2. The Hall–Kier alpha value is -2.34. The number of hydrogen-bond donors (Lipinski definition) is 1. The highest BCUT2D eigenvalue weighted by atomic mass is 32.2. The van der Waals surface area contributed by atoms with Crippen LogP contribution < -0.4 is 5.32 Å². The molecule has 3 rings (SSSR count). The number of thioether (sulfide) groups is 1. The van der Waals surface area contributed by atoms with Gasteiger partial charge in [-0.25, -0.2) is 4.39 Å². The van der Waals surface area contributed by atoms with E-state index in [1.54, 1.807) is 36.9 Å². The summed E-state index contributed by atoms with van der Waals surface area (Å²) in [6.07, 6.45) is 4.48. The van der Waals surface area contributed by atoms with E-state index in [1.165, 1.54) is 16.5 Å². The third-order valence-corrected chi connectivity index (χ3v) is 6.79. The van der Waals surface area contributed by atoms with Crippen LogP contribution in [0.25, 0.3) is 0 Å². The summed E-state index contributed by atoms with van der Waals surface area (Å²) in [5, 5.41) is 3.07. The lowest BCUT2D eigenvalue weighted by Gasteiger charge is -2.30. The first-order chi connectivity index (χ1) is 14.9. The fraction of sp³-hybridized carbons (Fsp3) is 0.440. The van der Waals surface area contributed by atoms with Crippen molar-refractivity contribution in [1.29, 1.82) is 0 Å². The minimum atomic E-state index is -0.655. The summed E-state index contributed by atoms with van der Waals surface area (Å²) in [7, 11) is 0. The summed E-state index contributed by atoms with van der Waals surface area (Å²) < 4.78 is 14.3. The zero-order valence-electron chi connectivity index (χ0n) is 18.3. The number of carbonyl (C=O) groups excluding carboxylic acids is 2. The van der Waals surface area contributed by atoms with E-state index in [4.69, 9.17) is 0 Å². The molecule has 166 valence electrons. The van der Waals surface area contributed by atoms with Gasteiger partial charge < -0.3 is 10.2 Å². The highest BCUT2D eigenvalue weighted by Gasteiger charge is 2.28. The number of aryl methyl sites for hydroxylation is 1. The van der Waals surface area contributed by atoms with Crippen LogP contribution in [0.4, 0.5) is 4.39 Å². The van der Waals surface area contributed by atoms with Crippen LogP contribution in [0.15, 0.2) is 53.4 Å². The molecule has 0 bridgehead atoms. The molecule has 1 N–H and O–H groups in total. The SMILES string of the molecule is Cc1ccc(SCCC(=O)N(Cc2ccccc2F)C(C)C(=O)NC2CCCC2)cc1. The molecular weight excluding hydrogens is 411 g/mol. The van der Waals surface area contributed by atoms with Gasteiger partial charge in [-0.3, -0.25) is 9.59 Å². The predicted octanol–water partition coefficient (Wildman–Crippen LogP) is 5.09. The summed E-state index contributed by atoms with van der Waals surface area (Å²) in [6, 6.07) is 14.1. The van der Waals surface area contributed by atoms with E-state index >= 15 is 0 Å². The van der Waals surface area contributed by atoms with Crippen molar-refractivity contribution in [2.24, 2.45) is 0 Å². The predicted molar refractivity (Wildman–Crippen MR) is 123 cm³/mol. The largest absolute Gasteiger partial charge is 0.352 e. The Balaban J connectivity index is 1.66. The molecule has 1 aliphatic rings. The summed E-state index contributed by atoms with van der Waals surface area (Å²) in [4.78, 5) is 28.6. The van der Waals surface area contributed by atoms with Crippen molar-refractivity contribution in [1.82, 2.24) is 10.2 Å². The van der Waals surface area contributed by atoms with E-state index < -0.39 is 6.04 Å². The Bertz CT molecular complexity index is 881. The molecule has 6 heteroatoms. The van der Waals surface area contributed by atoms with Gasteiger partial charge in [0, 0.05) is 35.2 Å². The first-order valence-electron chi connectivity index (χ1n) is 11.0. The maximum Gasteiger partial charge on any atom is 0.242 e. The number of rotatable bonds is 9. The van der Waals surface area contributed by atoms with E-state index in [2.05, 4.69) is 5.32 Å². The zero-order chi connectivity index (χ0) is 22.2. The third-order valence-electron chi connectivity index (χ3n) is 5.77. The topological polar surface area (TPSA) is 49.4 Å². The number of nitrogens with one attached hydrogen (secondary N) is 1. The Morgan fingerprint density at radius 1 is 1.13 bits per heavy atom. The van der Waals surface area contributed by atoms with Gasteiger partial charge in [-0.05, 0) is 44.9 Å². The normalized spacial score (nSPS) is 14.9. The summed E-state index contributed by atoms with van der Waals surface area (Å²) in [6.45, 7) is 3.85. The lowest BCUT2D eigenvalue weighted by Crippen LogP contribution is -2.49. The van der Waals surface area contributed by atoms with Gasteiger partial charge in [-0.15, -0.1) is 11.8 Å². The quantitative estimate of drug-likeness (QED) is 0.550. The van der Waals surface area contributed by atoms with Crippen molar-refractivity contribution in [2.45, 2.75) is 69.5 Å². The molecule has 1 saturated carbocycles. The maximum absolute atomic E-state index is 14.3. The zero-order valence-corrected chi connectivity index (χ0v) is 19.1. The molecule has 1 atom stereocenters. The van der Waals surface area contributed by atoms with Crippen LogP contribution in [0.1, 0.15) is 50.2 Å². The highest BCUT2D eigenvalue weighted by Crippen LogP contribution is 2.22. The number of benzene rings is 2. The average Bonchev–Trinajstić information content (AvgIpc) is 3.27. The molecule has 1 unspecified atom stereocenters. The molecule has 0 saturated heterocycles. The summed E-state index contributed by atoms with van der Waals surface area (Å²) in [5.74, 6) is -0.0652. The van der Waals surface area contributed by atoms with Crippen LogP contribution in [0, 0.1) is 12.7 Å². The lowest BCUT2D eigenvalue weighted by molar-refractivity contribution is -0.140. The van der Waals surface area contributed by atoms with Crippen LogP contribution in [-0.4, -0.2) is 34.6 Å². The van der Waals surface area contributed by atoms with Crippen LogP contribution >= 0.6 is 11.8 Å². The molecule has 2 aromatic carbocycles. The van der Waals surface area contributed by atoms with Gasteiger partial charge in [0.1, 0.15) is 11.9 Å². The van der Waals surface area contributed by atoms with Gasteiger partial charge in [0.15, 0.2) is 0 Å². The van der Waals surface area contributed by atoms with Crippen LogP contribution in [-0.2, 0) is 16.1 Å². The second-order valence-corrected chi connectivity index (χ2v) is 9.36. The molecule has 0 aliphatic heterocycles. The average molecular weight is 443 g/mol. The molecule has 31 heavy (non-hydrogen) atoms. The fourth-order valence-corrected chi connectivity index (χ4v) is 4.66. The lowest BCUT2D eigenvalue weighted by atomic mass is 10.1. The fourth-order valence-electron chi connectivity index (χ4n) is 3.82. The van der Waals surface area contributed by atoms with E-state index in [-0.39, 0.29) is 36.6 Å². The number of halogens is 1. The van der Waals surface area contributed by atoms with Gasteiger partial charge >= 0.3 is 0 Å². The maximum atomic E-state index is 14.3. The van der Waals surface area contributed by atoms with Crippen LogP contribution in [0.2, 0.25) is 0 Å². The Morgan fingerprint density at radius 3 is 2.48 bits per heavy atom. The van der Waals surface area contributed by atoms with Crippen molar-refractivity contribution < 1.29 is 14.0 Å². The minimum Gasteiger partial charge on any atom is -0.352 e. The van der Waals surface area contributed by atoms with Crippen molar-refractivity contribution >= 4 is 23.6 Å². The second kappa shape index (κ2) is 11.3. The number of nitrogens with zero attached hydrogens (tertiary/aromatic N) is 1. The first-order valence-corrected chi connectivity index (χ1v) is 12.0. The van der Waals surface area contributed by atoms with Crippen LogP contribution in [0.3, 0.4) is 0 Å². The third kappa shape index (κ3) is 6.82. The van der Waals surface area contributed by atoms with Crippen molar-refractivity contribution in [2.75, 3.05) is 5.75 Å². The Morgan fingerprint density at radius 2 is 1.81 bits per heavy atom. The van der Waals surface area contributed by atoms with Crippen molar-refractivity contribution in [3.63, 3.8) is 0 Å². The molecule has 0 spiro atoms. The van der Waals surface area contributed by atoms with Gasteiger partial charge in [-0.1, -0.05) is 48.7 Å². The van der Waals surface area contributed by atoms with Gasteiger partial charge in [0.2, 0.25) is 11.8 Å². The molecule has 0 radical (unpaired) electrons. The molecule has 2 amide bonds. The first kappa shape index (κ1) is 23.3. The summed E-state index contributed by atoms with van der Waals surface area (Å²) in [5.41, 5.74) is 1.61.